The predicted octanol–water partition coefficient (Wildman–Crippen LogP) is 2.90. The zero-order valence-electron chi connectivity index (χ0n) is 10.1. The van der Waals surface area contributed by atoms with E-state index in [0.29, 0.717) is 10.2 Å². The monoisotopic (exact) mass is 302 g/mol. The molecule has 3 N–H and O–H groups in total. The third-order valence-corrected chi connectivity index (χ3v) is 3.09. The van der Waals surface area contributed by atoms with Crippen LogP contribution in [0.3, 0.4) is 0 Å². The minimum atomic E-state index is -0.655. The molecule has 0 radical (unpaired) electrons. The van der Waals surface area contributed by atoms with Crippen LogP contribution in [0.15, 0.2) is 22.7 Å². The molecule has 0 bridgehead atoms. The van der Waals surface area contributed by atoms with Crippen molar-refractivity contribution in [1.82, 2.24) is 0 Å². The van der Waals surface area contributed by atoms with E-state index >= 15 is 0 Å². The predicted molar refractivity (Wildman–Crippen MR) is 70.2 cm³/mol. The van der Waals surface area contributed by atoms with Gasteiger partial charge < -0.3 is 11.1 Å². The minimum Gasteiger partial charge on any atom is -0.324 e. The fourth-order valence-corrected chi connectivity index (χ4v) is 1.54. The third kappa shape index (κ3) is 3.78. The number of rotatable bonds is 2. The number of nitrogens with one attached hydrogen (secondary N) is 1. The quantitative estimate of drug-likeness (QED) is 0.882. The Bertz CT molecular complexity index is 429. The zero-order valence-corrected chi connectivity index (χ0v) is 11.6. The highest BCUT2D eigenvalue weighted by Gasteiger charge is 2.27. The minimum absolute atomic E-state index is 0.330. The van der Waals surface area contributed by atoms with Crippen molar-refractivity contribution in [3.05, 3.63) is 28.5 Å². The van der Waals surface area contributed by atoms with Gasteiger partial charge in [0.15, 0.2) is 0 Å². The van der Waals surface area contributed by atoms with Crippen LogP contribution in [0.5, 0.6) is 0 Å². The number of hydrogen-bond acceptors (Lipinski definition) is 2. The molecule has 0 saturated carbocycles. The Balaban J connectivity index is 2.85. The molecular formula is C12H16BrFN2O. The molecule has 0 aliphatic rings. The van der Waals surface area contributed by atoms with Gasteiger partial charge in [-0.05, 0) is 39.5 Å². The van der Waals surface area contributed by atoms with E-state index in [9.17, 15) is 9.18 Å². The number of hydrogen-bond donors (Lipinski definition) is 2. The first kappa shape index (κ1) is 14.1. The molecular weight excluding hydrogens is 287 g/mol. The van der Waals surface area contributed by atoms with Gasteiger partial charge >= 0.3 is 0 Å². The second kappa shape index (κ2) is 5.14. The van der Waals surface area contributed by atoms with E-state index < -0.39 is 11.9 Å². The molecule has 0 saturated heterocycles. The highest BCUT2D eigenvalue weighted by Crippen LogP contribution is 2.24. The molecule has 0 spiro atoms. The van der Waals surface area contributed by atoms with Crippen LogP contribution in [-0.2, 0) is 4.79 Å². The summed E-state index contributed by atoms with van der Waals surface area (Å²) in [5.41, 5.74) is 5.85. The second-order valence-corrected chi connectivity index (χ2v) is 5.81. The van der Waals surface area contributed by atoms with Crippen molar-refractivity contribution >= 4 is 27.5 Å². The lowest BCUT2D eigenvalue weighted by molar-refractivity contribution is -0.119. The summed E-state index contributed by atoms with van der Waals surface area (Å²) >= 11 is 3.24. The molecule has 1 aromatic carbocycles. The summed E-state index contributed by atoms with van der Waals surface area (Å²) in [5, 5.41) is 2.61. The van der Waals surface area contributed by atoms with E-state index in [1.807, 2.05) is 20.8 Å². The Kier molecular flexibility index (Phi) is 4.27. The smallest absolute Gasteiger partial charge is 0.241 e. The SMILES string of the molecule is CC(C)(C)[C@@H](N)C(=O)Nc1cc(F)ccc1Br. The Morgan fingerprint density at radius 1 is 1.47 bits per heavy atom. The van der Waals surface area contributed by atoms with Gasteiger partial charge in [0.2, 0.25) is 5.91 Å². The van der Waals surface area contributed by atoms with Crippen LogP contribution in [0.4, 0.5) is 10.1 Å². The number of amides is 1. The molecule has 1 rings (SSSR count). The molecule has 0 unspecified atom stereocenters. The maximum atomic E-state index is 13.0. The molecule has 17 heavy (non-hydrogen) atoms. The highest BCUT2D eigenvalue weighted by molar-refractivity contribution is 9.10. The van der Waals surface area contributed by atoms with Crippen molar-refractivity contribution in [2.24, 2.45) is 11.1 Å². The molecule has 1 aromatic rings. The first-order valence-corrected chi connectivity index (χ1v) is 6.02. The van der Waals surface area contributed by atoms with Gasteiger partial charge in [0.05, 0.1) is 11.7 Å². The number of benzene rings is 1. The summed E-state index contributed by atoms with van der Waals surface area (Å²) in [4.78, 5) is 11.8. The van der Waals surface area contributed by atoms with Gasteiger partial charge in [-0.15, -0.1) is 0 Å². The Morgan fingerprint density at radius 3 is 2.59 bits per heavy atom. The summed E-state index contributed by atoms with van der Waals surface area (Å²) in [6, 6.07) is 3.44. The van der Waals surface area contributed by atoms with E-state index in [0.717, 1.165) is 0 Å². The van der Waals surface area contributed by atoms with Gasteiger partial charge in [0, 0.05) is 4.47 Å². The highest BCUT2D eigenvalue weighted by atomic mass is 79.9. The number of halogens is 2. The average molecular weight is 303 g/mol. The van der Waals surface area contributed by atoms with Crippen molar-refractivity contribution in [3.8, 4) is 0 Å². The first-order chi connectivity index (χ1) is 7.71. The summed E-state index contributed by atoms with van der Waals surface area (Å²) in [7, 11) is 0. The Labute approximate surface area is 109 Å². The molecule has 1 amide bonds. The Hall–Kier alpha value is -0.940. The van der Waals surface area contributed by atoms with Gasteiger partial charge in [0.25, 0.3) is 0 Å². The first-order valence-electron chi connectivity index (χ1n) is 5.23. The number of nitrogens with two attached hydrogens (primary N) is 1. The molecule has 3 nitrogen and oxygen atoms in total. The molecule has 1 atom stereocenters. The molecule has 0 aromatic heterocycles. The van der Waals surface area contributed by atoms with Gasteiger partial charge in [-0.2, -0.15) is 0 Å². The van der Waals surface area contributed by atoms with Crippen molar-refractivity contribution in [3.63, 3.8) is 0 Å². The van der Waals surface area contributed by atoms with Gasteiger partial charge in [-0.1, -0.05) is 20.8 Å². The van der Waals surface area contributed by atoms with Gasteiger partial charge in [-0.25, -0.2) is 4.39 Å². The van der Waals surface area contributed by atoms with Crippen LogP contribution in [-0.4, -0.2) is 11.9 Å². The number of anilines is 1. The summed E-state index contributed by atoms with van der Waals surface area (Å²) < 4.78 is 13.6. The second-order valence-electron chi connectivity index (χ2n) is 4.96. The summed E-state index contributed by atoms with van der Waals surface area (Å²) in [6.45, 7) is 5.62. The van der Waals surface area contributed by atoms with E-state index in [-0.39, 0.29) is 11.3 Å². The normalized spacial score (nSPS) is 13.3. The zero-order chi connectivity index (χ0) is 13.2. The largest absolute Gasteiger partial charge is 0.324 e. The van der Waals surface area contributed by atoms with E-state index in [4.69, 9.17) is 5.73 Å². The van der Waals surface area contributed by atoms with Crippen LogP contribution in [0.25, 0.3) is 0 Å². The molecule has 5 heteroatoms. The van der Waals surface area contributed by atoms with Crippen molar-refractivity contribution in [1.29, 1.82) is 0 Å². The summed E-state index contributed by atoms with van der Waals surface area (Å²) in [6.07, 6.45) is 0. The maximum absolute atomic E-state index is 13.0. The maximum Gasteiger partial charge on any atom is 0.241 e. The number of carbonyl (C=O) groups is 1. The van der Waals surface area contributed by atoms with E-state index in [1.165, 1.54) is 18.2 Å². The van der Waals surface area contributed by atoms with Crippen LogP contribution in [0.2, 0.25) is 0 Å². The van der Waals surface area contributed by atoms with E-state index in [1.54, 1.807) is 0 Å². The lowest BCUT2D eigenvalue weighted by Gasteiger charge is -2.26. The fourth-order valence-electron chi connectivity index (χ4n) is 1.20. The molecule has 0 aliphatic carbocycles. The lowest BCUT2D eigenvalue weighted by atomic mass is 9.87. The van der Waals surface area contributed by atoms with Crippen LogP contribution in [0, 0.1) is 11.2 Å². The molecule has 94 valence electrons. The van der Waals surface area contributed by atoms with Crippen LogP contribution >= 0.6 is 15.9 Å². The van der Waals surface area contributed by atoms with Crippen molar-refractivity contribution < 1.29 is 9.18 Å². The standard InChI is InChI=1S/C12H16BrFN2O/c1-12(2,3)10(15)11(17)16-9-6-7(14)4-5-8(9)13/h4-6,10H,15H2,1-3H3,(H,16,17)/t10-/m0/s1. The molecule has 0 aliphatic heterocycles. The average Bonchev–Trinajstić information content (AvgIpc) is 2.21. The lowest BCUT2D eigenvalue weighted by Crippen LogP contribution is -2.45. The van der Waals surface area contributed by atoms with E-state index in [2.05, 4.69) is 21.2 Å². The van der Waals surface area contributed by atoms with Crippen molar-refractivity contribution in [2.75, 3.05) is 5.32 Å². The fraction of sp³-hybridized carbons (Fsp3) is 0.417. The van der Waals surface area contributed by atoms with Gasteiger partial charge in [0.1, 0.15) is 5.82 Å². The van der Waals surface area contributed by atoms with Crippen molar-refractivity contribution in [2.45, 2.75) is 26.8 Å². The van der Waals surface area contributed by atoms with Crippen LogP contribution in [0.1, 0.15) is 20.8 Å². The third-order valence-electron chi connectivity index (χ3n) is 2.40. The Morgan fingerprint density at radius 2 is 2.06 bits per heavy atom. The topological polar surface area (TPSA) is 55.1 Å². The number of carbonyl (C=O) groups excluding carboxylic acids is 1. The summed E-state index contributed by atoms with van der Waals surface area (Å²) in [5.74, 6) is -0.739. The molecule has 0 heterocycles. The molecule has 0 fully saturated rings. The van der Waals surface area contributed by atoms with Crippen LogP contribution < -0.4 is 11.1 Å². The van der Waals surface area contributed by atoms with Gasteiger partial charge in [-0.3, -0.25) is 4.79 Å².